The first-order valence-corrected chi connectivity index (χ1v) is 12.5. The lowest BCUT2D eigenvalue weighted by molar-refractivity contribution is -0.119. The van der Waals surface area contributed by atoms with Gasteiger partial charge in [-0.2, -0.15) is 0 Å². The van der Waals surface area contributed by atoms with Gasteiger partial charge in [-0.25, -0.2) is 4.98 Å². The van der Waals surface area contributed by atoms with E-state index in [0.717, 1.165) is 48.3 Å². The van der Waals surface area contributed by atoms with Gasteiger partial charge in [0.25, 0.3) is 0 Å². The van der Waals surface area contributed by atoms with Crippen LogP contribution in [-0.4, -0.2) is 49.8 Å². The van der Waals surface area contributed by atoms with Gasteiger partial charge in [-0.15, -0.1) is 10.2 Å². The van der Waals surface area contributed by atoms with E-state index in [-0.39, 0.29) is 29.8 Å². The number of hydrogen-bond acceptors (Lipinski definition) is 6. The second kappa shape index (κ2) is 8.87. The fraction of sp³-hybridized carbons (Fsp3) is 0.462. The average molecular weight is 474 g/mol. The highest BCUT2D eigenvalue weighted by Gasteiger charge is 2.34. The Morgan fingerprint density at radius 3 is 2.86 bits per heavy atom. The summed E-state index contributed by atoms with van der Waals surface area (Å²) in [6, 6.07) is 8.90. The van der Waals surface area contributed by atoms with Crippen molar-refractivity contribution in [3.8, 4) is 0 Å². The van der Waals surface area contributed by atoms with Crippen molar-refractivity contribution in [2.75, 3.05) is 18.0 Å². The number of rotatable bonds is 6. The van der Waals surface area contributed by atoms with Crippen LogP contribution in [0.1, 0.15) is 44.0 Å². The number of aromatic amines is 1. The molecule has 1 fully saturated rings. The number of anilines is 1. The largest absolute Gasteiger partial charge is 0.492 e. The zero-order valence-electron chi connectivity index (χ0n) is 20.1. The molecule has 0 bridgehead atoms. The summed E-state index contributed by atoms with van der Waals surface area (Å²) in [5, 5.41) is 13.1. The lowest BCUT2D eigenvalue weighted by Crippen LogP contribution is -2.39. The molecule has 182 valence electrons. The van der Waals surface area contributed by atoms with Crippen LogP contribution in [0, 0.1) is 11.8 Å². The molecule has 1 aliphatic carbocycles. The number of nitrogens with zero attached hydrogens (tertiary/aromatic N) is 5. The van der Waals surface area contributed by atoms with Gasteiger partial charge in [0.15, 0.2) is 5.82 Å². The molecular formula is C26H31N7O2. The molecule has 0 spiro atoms. The highest BCUT2D eigenvalue weighted by atomic mass is 16.5. The van der Waals surface area contributed by atoms with Gasteiger partial charge in [-0.3, -0.25) is 4.79 Å². The van der Waals surface area contributed by atoms with Gasteiger partial charge < -0.3 is 24.5 Å². The van der Waals surface area contributed by atoms with Crippen molar-refractivity contribution in [1.82, 2.24) is 30.0 Å². The van der Waals surface area contributed by atoms with Crippen molar-refractivity contribution in [3.05, 3.63) is 59.0 Å². The van der Waals surface area contributed by atoms with Crippen LogP contribution in [0.3, 0.4) is 0 Å². The first-order chi connectivity index (χ1) is 17.1. The monoisotopic (exact) mass is 473 g/mol. The molecule has 2 aromatic heterocycles. The molecular weight excluding hydrogens is 442 g/mol. The van der Waals surface area contributed by atoms with Gasteiger partial charge in [0.1, 0.15) is 23.5 Å². The van der Waals surface area contributed by atoms with Crippen LogP contribution >= 0.6 is 0 Å². The highest BCUT2D eigenvalue weighted by molar-refractivity contribution is 5.78. The smallest absolute Gasteiger partial charge is 0.220 e. The maximum atomic E-state index is 11.7. The van der Waals surface area contributed by atoms with E-state index in [0.29, 0.717) is 13.0 Å². The summed E-state index contributed by atoms with van der Waals surface area (Å²) < 4.78 is 8.72. The normalized spacial score (nSPS) is 24.4. The van der Waals surface area contributed by atoms with Crippen LogP contribution in [0.2, 0.25) is 0 Å². The molecule has 4 heterocycles. The second-order valence-corrected chi connectivity index (χ2v) is 9.78. The SMILES string of the molecule is CCC1C(O[C@H](C)[C@H]2CNC(=O)C2)=c2nc[nH]c2=CC1c1ccc(N2CCn3cnnc3C2)cc1. The van der Waals surface area contributed by atoms with Gasteiger partial charge in [-0.05, 0) is 31.0 Å². The minimum absolute atomic E-state index is 0.0650. The molecule has 2 N–H and O–H groups in total. The maximum absolute atomic E-state index is 11.7. The summed E-state index contributed by atoms with van der Waals surface area (Å²) in [6.45, 7) is 7.55. The van der Waals surface area contributed by atoms with Crippen LogP contribution in [0.4, 0.5) is 5.69 Å². The number of carbonyl (C=O) groups excluding carboxylic acids is 1. The minimum Gasteiger partial charge on any atom is -0.492 e. The highest BCUT2D eigenvalue weighted by Crippen LogP contribution is 2.38. The van der Waals surface area contributed by atoms with Crippen molar-refractivity contribution < 1.29 is 9.53 Å². The molecule has 1 saturated heterocycles. The van der Waals surface area contributed by atoms with Crippen molar-refractivity contribution in [2.24, 2.45) is 11.8 Å². The Labute approximate surface area is 203 Å². The first-order valence-electron chi connectivity index (χ1n) is 12.5. The summed E-state index contributed by atoms with van der Waals surface area (Å²) in [6.07, 6.45) is 7.21. The molecule has 1 amide bonds. The molecule has 0 radical (unpaired) electrons. The zero-order chi connectivity index (χ0) is 23.9. The number of ether oxygens (including phenoxy) is 1. The lowest BCUT2D eigenvalue weighted by Gasteiger charge is -2.32. The number of H-pyrrole nitrogens is 1. The van der Waals surface area contributed by atoms with E-state index >= 15 is 0 Å². The molecule has 0 saturated carbocycles. The maximum Gasteiger partial charge on any atom is 0.220 e. The number of benzene rings is 1. The molecule has 9 nitrogen and oxygen atoms in total. The minimum atomic E-state index is -0.0650. The Kier molecular flexibility index (Phi) is 5.54. The summed E-state index contributed by atoms with van der Waals surface area (Å²) >= 11 is 0. The Morgan fingerprint density at radius 1 is 1.23 bits per heavy atom. The number of carbonyl (C=O) groups is 1. The van der Waals surface area contributed by atoms with Gasteiger partial charge in [0, 0.05) is 49.5 Å². The third-order valence-electron chi connectivity index (χ3n) is 7.73. The number of imidazole rings is 1. The van der Waals surface area contributed by atoms with E-state index < -0.39 is 0 Å². The number of amides is 1. The van der Waals surface area contributed by atoms with Gasteiger partial charge in [-0.1, -0.05) is 25.1 Å². The quantitative estimate of drug-likeness (QED) is 0.559. The summed E-state index contributed by atoms with van der Waals surface area (Å²) in [5.74, 6) is 2.57. The number of fused-ring (bicyclic) bond motifs is 2. The van der Waals surface area contributed by atoms with Crippen LogP contribution in [0.5, 0.6) is 0 Å². The second-order valence-electron chi connectivity index (χ2n) is 9.78. The molecule has 4 atom stereocenters. The Hall–Kier alpha value is -3.62. The lowest BCUT2D eigenvalue weighted by atomic mass is 9.80. The van der Waals surface area contributed by atoms with E-state index in [1.807, 2.05) is 0 Å². The predicted octanol–water partition coefficient (Wildman–Crippen LogP) is 1.27. The van der Waals surface area contributed by atoms with E-state index in [4.69, 9.17) is 4.74 Å². The number of aromatic nitrogens is 5. The van der Waals surface area contributed by atoms with Gasteiger partial charge in [0.2, 0.25) is 5.91 Å². The summed E-state index contributed by atoms with van der Waals surface area (Å²) in [7, 11) is 0. The molecule has 6 rings (SSSR count). The standard InChI is InChI=1S/C26H31N7O2/c1-3-20-21(17-4-6-19(7-5-17)32-8-9-33-15-30-31-23(33)13-32)11-22-25(29-14-28-22)26(20)35-16(2)18-10-24(34)27-12-18/h4-7,11,14-16,18,20-21H,3,8-10,12-13H2,1-2H3,(H,27,34)(H,28,29)/t16-,18-,20?,21?/m1/s1. The van der Waals surface area contributed by atoms with E-state index in [1.54, 1.807) is 12.7 Å². The molecule has 35 heavy (non-hydrogen) atoms. The number of nitrogens with one attached hydrogen (secondary N) is 2. The fourth-order valence-corrected chi connectivity index (χ4v) is 5.62. The van der Waals surface area contributed by atoms with Crippen LogP contribution in [0.15, 0.2) is 36.9 Å². The third-order valence-corrected chi connectivity index (χ3v) is 7.73. The van der Waals surface area contributed by atoms with E-state index in [2.05, 4.69) is 79.1 Å². The Morgan fingerprint density at radius 2 is 2.09 bits per heavy atom. The van der Waals surface area contributed by atoms with E-state index in [1.165, 1.54) is 11.3 Å². The zero-order valence-corrected chi connectivity index (χ0v) is 20.1. The molecule has 3 aromatic rings. The van der Waals surface area contributed by atoms with Crippen molar-refractivity contribution >= 4 is 23.4 Å². The van der Waals surface area contributed by atoms with E-state index in [9.17, 15) is 4.79 Å². The van der Waals surface area contributed by atoms with Crippen LogP contribution in [0.25, 0.3) is 11.8 Å². The molecule has 2 aliphatic heterocycles. The molecule has 3 aliphatic rings. The van der Waals surface area contributed by atoms with Gasteiger partial charge in [0.05, 0.1) is 18.2 Å². The van der Waals surface area contributed by atoms with Crippen molar-refractivity contribution in [2.45, 2.75) is 51.8 Å². The van der Waals surface area contributed by atoms with Crippen LogP contribution < -0.4 is 20.9 Å². The summed E-state index contributed by atoms with van der Waals surface area (Å²) in [5.41, 5.74) is 2.45. The average Bonchev–Trinajstić information content (AvgIpc) is 3.64. The van der Waals surface area contributed by atoms with Crippen molar-refractivity contribution in [3.63, 3.8) is 0 Å². The van der Waals surface area contributed by atoms with Gasteiger partial charge >= 0.3 is 0 Å². The molecule has 9 heteroatoms. The van der Waals surface area contributed by atoms with Crippen LogP contribution in [-0.2, 0) is 22.6 Å². The van der Waals surface area contributed by atoms with Crippen molar-refractivity contribution in [1.29, 1.82) is 0 Å². The Bertz CT molecular complexity index is 1340. The third kappa shape index (κ3) is 3.98. The molecule has 2 unspecified atom stereocenters. The topological polar surface area (TPSA) is 101 Å². The first kappa shape index (κ1) is 21.9. The summed E-state index contributed by atoms with van der Waals surface area (Å²) in [4.78, 5) is 22.0. The predicted molar refractivity (Wildman–Crippen MR) is 131 cm³/mol. The molecule has 1 aromatic carbocycles. The number of hydrogen-bond donors (Lipinski definition) is 2. The Balaban J connectivity index is 1.26. The fourth-order valence-electron chi connectivity index (χ4n) is 5.62.